The lowest BCUT2D eigenvalue weighted by molar-refractivity contribution is -0.122. The standard InChI is InChI=1S/C19H21N5O2/c25-18(10-12-21-19(26)14-15-6-2-1-3-7-15)20-11-9-17-23-22-16-8-4-5-13-24(16)17/h1-8,13H,9-12,14H2,(H,20,25)(H,21,26). The number of pyridine rings is 1. The fourth-order valence-electron chi connectivity index (χ4n) is 2.62. The molecule has 0 unspecified atom stereocenters. The van der Waals surface area contributed by atoms with Crippen molar-refractivity contribution >= 4 is 17.5 Å². The third-order valence-electron chi connectivity index (χ3n) is 3.94. The van der Waals surface area contributed by atoms with Gasteiger partial charge in [0.05, 0.1) is 6.42 Å². The van der Waals surface area contributed by atoms with Gasteiger partial charge in [0.2, 0.25) is 11.8 Å². The molecule has 3 rings (SSSR count). The zero-order valence-electron chi connectivity index (χ0n) is 14.4. The van der Waals surface area contributed by atoms with Gasteiger partial charge in [-0.1, -0.05) is 36.4 Å². The molecule has 7 nitrogen and oxygen atoms in total. The molecule has 0 fully saturated rings. The largest absolute Gasteiger partial charge is 0.356 e. The molecule has 2 N–H and O–H groups in total. The molecule has 134 valence electrons. The van der Waals surface area contributed by atoms with Crippen molar-refractivity contribution in [3.05, 3.63) is 66.1 Å². The first kappa shape index (κ1) is 17.6. The van der Waals surface area contributed by atoms with E-state index in [9.17, 15) is 9.59 Å². The summed E-state index contributed by atoms with van der Waals surface area (Å²) in [6, 6.07) is 15.2. The van der Waals surface area contributed by atoms with Crippen LogP contribution in [0.15, 0.2) is 54.7 Å². The average Bonchev–Trinajstić information content (AvgIpc) is 3.06. The first-order valence-corrected chi connectivity index (χ1v) is 8.58. The van der Waals surface area contributed by atoms with Crippen molar-refractivity contribution in [3.8, 4) is 0 Å². The van der Waals surface area contributed by atoms with Crippen molar-refractivity contribution in [2.45, 2.75) is 19.3 Å². The van der Waals surface area contributed by atoms with Gasteiger partial charge in [0.1, 0.15) is 5.82 Å². The van der Waals surface area contributed by atoms with E-state index in [1.165, 1.54) is 0 Å². The van der Waals surface area contributed by atoms with Gasteiger partial charge in [0.15, 0.2) is 5.65 Å². The lowest BCUT2D eigenvalue weighted by Crippen LogP contribution is -2.32. The maximum Gasteiger partial charge on any atom is 0.224 e. The molecule has 2 aromatic heterocycles. The summed E-state index contributed by atoms with van der Waals surface area (Å²) in [5.41, 5.74) is 1.74. The number of hydrogen-bond donors (Lipinski definition) is 2. The summed E-state index contributed by atoms with van der Waals surface area (Å²) in [5, 5.41) is 13.8. The SMILES string of the molecule is O=C(CCNC(=O)Cc1ccccc1)NCCc1nnc2ccccn12. The van der Waals surface area contributed by atoms with Gasteiger partial charge in [0, 0.05) is 32.1 Å². The molecule has 7 heteroatoms. The van der Waals surface area contributed by atoms with E-state index >= 15 is 0 Å². The zero-order valence-corrected chi connectivity index (χ0v) is 14.4. The number of carbonyl (C=O) groups excluding carboxylic acids is 2. The highest BCUT2D eigenvalue weighted by Crippen LogP contribution is 2.03. The van der Waals surface area contributed by atoms with Crippen LogP contribution >= 0.6 is 0 Å². The molecule has 0 bridgehead atoms. The van der Waals surface area contributed by atoms with Crippen LogP contribution in [0.2, 0.25) is 0 Å². The van der Waals surface area contributed by atoms with E-state index in [0.29, 0.717) is 25.9 Å². The number of nitrogens with zero attached hydrogens (tertiary/aromatic N) is 3. The predicted octanol–water partition coefficient (Wildman–Crippen LogP) is 1.14. The van der Waals surface area contributed by atoms with Crippen LogP contribution in [-0.4, -0.2) is 39.5 Å². The zero-order chi connectivity index (χ0) is 18.2. The highest BCUT2D eigenvalue weighted by Gasteiger charge is 2.07. The monoisotopic (exact) mass is 351 g/mol. The molecule has 0 aliphatic heterocycles. The van der Waals surface area contributed by atoms with Crippen molar-refractivity contribution in [3.63, 3.8) is 0 Å². The topological polar surface area (TPSA) is 88.4 Å². The van der Waals surface area contributed by atoms with E-state index in [4.69, 9.17) is 0 Å². The van der Waals surface area contributed by atoms with Crippen LogP contribution in [0.4, 0.5) is 0 Å². The Balaban J connectivity index is 1.33. The molecule has 0 aliphatic carbocycles. The normalized spacial score (nSPS) is 10.6. The molecular formula is C19H21N5O2. The minimum absolute atomic E-state index is 0.0843. The maximum atomic E-state index is 11.9. The third kappa shape index (κ3) is 4.89. The van der Waals surface area contributed by atoms with Crippen LogP contribution in [0.25, 0.3) is 5.65 Å². The van der Waals surface area contributed by atoms with E-state index in [1.54, 1.807) is 0 Å². The Labute approximate surface area is 151 Å². The second-order valence-electron chi connectivity index (χ2n) is 5.91. The van der Waals surface area contributed by atoms with Crippen LogP contribution in [0, 0.1) is 0 Å². The Bertz CT molecular complexity index is 876. The average molecular weight is 351 g/mol. The van der Waals surface area contributed by atoms with E-state index in [2.05, 4.69) is 20.8 Å². The first-order valence-electron chi connectivity index (χ1n) is 8.58. The van der Waals surface area contributed by atoms with Crippen molar-refractivity contribution < 1.29 is 9.59 Å². The number of fused-ring (bicyclic) bond motifs is 1. The minimum atomic E-state index is -0.0983. The molecule has 0 saturated carbocycles. The molecular weight excluding hydrogens is 330 g/mol. The lowest BCUT2D eigenvalue weighted by Gasteiger charge is -2.06. The number of amides is 2. The van der Waals surface area contributed by atoms with Gasteiger partial charge in [-0.15, -0.1) is 10.2 Å². The Morgan fingerprint density at radius 3 is 2.50 bits per heavy atom. The number of aromatic nitrogens is 3. The summed E-state index contributed by atoms with van der Waals surface area (Å²) in [5.74, 6) is 0.620. The molecule has 2 heterocycles. The van der Waals surface area contributed by atoms with Crippen molar-refractivity contribution in [1.29, 1.82) is 0 Å². The van der Waals surface area contributed by atoms with Gasteiger partial charge in [-0.25, -0.2) is 0 Å². The van der Waals surface area contributed by atoms with Crippen LogP contribution in [0.3, 0.4) is 0 Å². The maximum absolute atomic E-state index is 11.9. The minimum Gasteiger partial charge on any atom is -0.356 e. The molecule has 26 heavy (non-hydrogen) atoms. The molecule has 0 atom stereocenters. The Morgan fingerprint density at radius 1 is 0.885 bits per heavy atom. The number of carbonyl (C=O) groups is 2. The molecule has 0 saturated heterocycles. The van der Waals surface area contributed by atoms with Gasteiger partial charge >= 0.3 is 0 Å². The molecule has 0 aliphatic rings. The summed E-state index contributed by atoms with van der Waals surface area (Å²) < 4.78 is 1.90. The number of rotatable bonds is 8. The number of nitrogens with one attached hydrogen (secondary N) is 2. The molecule has 0 spiro atoms. The Hall–Kier alpha value is -3.22. The lowest BCUT2D eigenvalue weighted by atomic mass is 10.1. The van der Waals surface area contributed by atoms with Crippen molar-refractivity contribution in [2.75, 3.05) is 13.1 Å². The highest BCUT2D eigenvalue weighted by molar-refractivity contribution is 5.80. The van der Waals surface area contributed by atoms with E-state index in [1.807, 2.05) is 59.1 Å². The molecule has 0 radical (unpaired) electrons. The van der Waals surface area contributed by atoms with Gasteiger partial charge in [-0.3, -0.25) is 14.0 Å². The quantitative estimate of drug-likeness (QED) is 0.637. The molecule has 1 aromatic carbocycles. The van der Waals surface area contributed by atoms with Crippen LogP contribution in [0.5, 0.6) is 0 Å². The fourth-order valence-corrected chi connectivity index (χ4v) is 2.62. The van der Waals surface area contributed by atoms with Crippen LogP contribution in [0.1, 0.15) is 17.8 Å². The number of hydrogen-bond acceptors (Lipinski definition) is 4. The fraction of sp³-hybridized carbons (Fsp3) is 0.263. The highest BCUT2D eigenvalue weighted by atomic mass is 16.2. The number of benzene rings is 1. The van der Waals surface area contributed by atoms with E-state index < -0.39 is 0 Å². The summed E-state index contributed by atoms with van der Waals surface area (Å²) in [4.78, 5) is 23.7. The van der Waals surface area contributed by atoms with Crippen LogP contribution < -0.4 is 10.6 Å². The first-order chi connectivity index (χ1) is 12.7. The Morgan fingerprint density at radius 2 is 1.65 bits per heavy atom. The second-order valence-corrected chi connectivity index (χ2v) is 5.91. The summed E-state index contributed by atoms with van der Waals surface area (Å²) >= 11 is 0. The van der Waals surface area contributed by atoms with Crippen LogP contribution in [-0.2, 0) is 22.4 Å². The van der Waals surface area contributed by atoms with Gasteiger partial charge in [-0.2, -0.15) is 0 Å². The van der Waals surface area contributed by atoms with Gasteiger partial charge in [-0.05, 0) is 17.7 Å². The van der Waals surface area contributed by atoms with Gasteiger partial charge in [0.25, 0.3) is 0 Å². The van der Waals surface area contributed by atoms with Crippen molar-refractivity contribution in [2.24, 2.45) is 0 Å². The smallest absolute Gasteiger partial charge is 0.224 e. The molecule has 3 aromatic rings. The molecule has 2 amide bonds. The van der Waals surface area contributed by atoms with Gasteiger partial charge < -0.3 is 10.6 Å². The third-order valence-corrected chi connectivity index (χ3v) is 3.94. The second kappa shape index (κ2) is 8.75. The predicted molar refractivity (Wildman–Crippen MR) is 97.5 cm³/mol. The van der Waals surface area contributed by atoms with E-state index in [-0.39, 0.29) is 18.2 Å². The summed E-state index contributed by atoms with van der Waals surface area (Å²) in [6.07, 6.45) is 3.07. The van der Waals surface area contributed by atoms with Crippen molar-refractivity contribution in [1.82, 2.24) is 25.2 Å². The summed E-state index contributed by atoms with van der Waals surface area (Å²) in [6.45, 7) is 0.803. The Kier molecular flexibility index (Phi) is 5.92. The van der Waals surface area contributed by atoms with E-state index in [0.717, 1.165) is 17.0 Å². The summed E-state index contributed by atoms with van der Waals surface area (Å²) in [7, 11) is 0.